The first kappa shape index (κ1) is 18.9. The Morgan fingerprint density at radius 2 is 1.38 bits per heavy atom. The van der Waals surface area contributed by atoms with Crippen LogP contribution in [0.3, 0.4) is 0 Å². The molecular weight excluding hydrogens is 364 g/mol. The molecule has 0 N–H and O–H groups in total. The third-order valence-electron chi connectivity index (χ3n) is 5.63. The minimum atomic E-state index is -0.536. The SMILES string of the molecule is COC(=O)c1c(C)c(-c2ccccc2)c2c(c1C(=O)OC)-c1ccccc1CC2. The number of rotatable bonds is 3. The van der Waals surface area contributed by atoms with Gasteiger partial charge < -0.3 is 9.47 Å². The fourth-order valence-electron chi connectivity index (χ4n) is 4.39. The Morgan fingerprint density at radius 1 is 0.759 bits per heavy atom. The Bertz CT molecular complexity index is 1110. The molecule has 0 saturated carbocycles. The molecule has 0 aromatic heterocycles. The van der Waals surface area contributed by atoms with Gasteiger partial charge in [-0.1, -0.05) is 54.6 Å². The topological polar surface area (TPSA) is 52.6 Å². The Morgan fingerprint density at radius 3 is 2.07 bits per heavy atom. The average Bonchev–Trinajstić information content (AvgIpc) is 2.77. The predicted molar refractivity (Wildman–Crippen MR) is 112 cm³/mol. The van der Waals surface area contributed by atoms with E-state index in [1.54, 1.807) is 0 Å². The quantitative estimate of drug-likeness (QED) is 0.595. The maximum absolute atomic E-state index is 12.9. The monoisotopic (exact) mass is 386 g/mol. The molecule has 0 radical (unpaired) electrons. The van der Waals surface area contributed by atoms with Crippen LogP contribution in [0.5, 0.6) is 0 Å². The van der Waals surface area contributed by atoms with Crippen molar-refractivity contribution in [3.8, 4) is 22.3 Å². The molecule has 4 heteroatoms. The molecule has 0 aliphatic heterocycles. The summed E-state index contributed by atoms with van der Waals surface area (Å²) < 4.78 is 10.2. The lowest BCUT2D eigenvalue weighted by Crippen LogP contribution is -2.20. The van der Waals surface area contributed by atoms with Crippen LogP contribution in [0, 0.1) is 6.92 Å². The van der Waals surface area contributed by atoms with Gasteiger partial charge in [-0.05, 0) is 53.1 Å². The van der Waals surface area contributed by atoms with Crippen LogP contribution in [0.2, 0.25) is 0 Å². The molecule has 3 aromatic rings. The summed E-state index contributed by atoms with van der Waals surface area (Å²) in [4.78, 5) is 25.7. The zero-order valence-electron chi connectivity index (χ0n) is 16.7. The summed E-state index contributed by atoms with van der Waals surface area (Å²) in [6, 6.07) is 18.0. The van der Waals surface area contributed by atoms with Gasteiger partial charge in [-0.15, -0.1) is 0 Å². The number of esters is 2. The van der Waals surface area contributed by atoms with Gasteiger partial charge >= 0.3 is 11.9 Å². The van der Waals surface area contributed by atoms with Crippen molar-refractivity contribution in [2.24, 2.45) is 0 Å². The minimum absolute atomic E-state index is 0.272. The summed E-state index contributed by atoms with van der Waals surface area (Å²) in [5.74, 6) is -1.06. The highest BCUT2D eigenvalue weighted by Crippen LogP contribution is 2.45. The molecule has 1 aliphatic rings. The zero-order valence-corrected chi connectivity index (χ0v) is 16.7. The fraction of sp³-hybridized carbons (Fsp3) is 0.200. The number of carbonyl (C=O) groups is 2. The van der Waals surface area contributed by atoms with Gasteiger partial charge in [0.05, 0.1) is 25.3 Å². The molecule has 0 atom stereocenters. The van der Waals surface area contributed by atoms with Gasteiger partial charge in [-0.25, -0.2) is 9.59 Å². The maximum atomic E-state index is 12.9. The second kappa shape index (κ2) is 7.55. The van der Waals surface area contributed by atoms with Gasteiger partial charge in [0.15, 0.2) is 0 Å². The molecule has 0 amide bonds. The van der Waals surface area contributed by atoms with Crippen molar-refractivity contribution in [2.75, 3.05) is 14.2 Å². The first-order valence-electron chi connectivity index (χ1n) is 9.58. The summed E-state index contributed by atoms with van der Waals surface area (Å²) in [5.41, 5.74) is 7.28. The normalized spacial score (nSPS) is 12.0. The molecule has 1 aliphatic carbocycles. The highest BCUT2D eigenvalue weighted by Gasteiger charge is 2.33. The van der Waals surface area contributed by atoms with E-state index in [-0.39, 0.29) is 5.56 Å². The van der Waals surface area contributed by atoms with E-state index in [4.69, 9.17) is 9.47 Å². The standard InChI is InChI=1S/C25H22O4/c1-15-20(17-10-5-4-6-11-17)19-14-13-16-9-7-8-12-18(16)22(19)23(25(27)29-3)21(15)24(26)28-2/h4-12H,13-14H2,1-3H3. The highest BCUT2D eigenvalue weighted by atomic mass is 16.5. The van der Waals surface area contributed by atoms with Crippen molar-refractivity contribution in [2.45, 2.75) is 19.8 Å². The van der Waals surface area contributed by atoms with Gasteiger partial charge in [0.25, 0.3) is 0 Å². The smallest absolute Gasteiger partial charge is 0.339 e. The van der Waals surface area contributed by atoms with E-state index in [9.17, 15) is 9.59 Å². The largest absolute Gasteiger partial charge is 0.465 e. The number of carbonyl (C=O) groups excluding carboxylic acids is 2. The van der Waals surface area contributed by atoms with E-state index in [2.05, 4.69) is 6.07 Å². The lowest BCUT2D eigenvalue weighted by molar-refractivity contribution is 0.0555. The van der Waals surface area contributed by atoms with Crippen LogP contribution in [0.15, 0.2) is 54.6 Å². The molecule has 0 bridgehead atoms. The van der Waals surface area contributed by atoms with Crippen LogP contribution in [0.4, 0.5) is 0 Å². The summed E-state index contributed by atoms with van der Waals surface area (Å²) in [6.07, 6.45) is 1.66. The van der Waals surface area contributed by atoms with Gasteiger partial charge in [-0.2, -0.15) is 0 Å². The molecule has 4 rings (SSSR count). The molecule has 4 nitrogen and oxygen atoms in total. The zero-order chi connectivity index (χ0) is 20.5. The van der Waals surface area contributed by atoms with Crippen molar-refractivity contribution in [1.29, 1.82) is 0 Å². The van der Waals surface area contributed by atoms with Crippen LogP contribution < -0.4 is 0 Å². The number of fused-ring (bicyclic) bond motifs is 3. The Hall–Kier alpha value is -3.40. The summed E-state index contributed by atoms with van der Waals surface area (Å²) >= 11 is 0. The number of hydrogen-bond donors (Lipinski definition) is 0. The molecule has 0 fully saturated rings. The van der Waals surface area contributed by atoms with Gasteiger partial charge in [0.2, 0.25) is 0 Å². The Kier molecular flexibility index (Phi) is 4.93. The average molecular weight is 386 g/mol. The third-order valence-corrected chi connectivity index (χ3v) is 5.63. The second-order valence-corrected chi connectivity index (χ2v) is 7.11. The van der Waals surface area contributed by atoms with Crippen molar-refractivity contribution in [3.63, 3.8) is 0 Å². The van der Waals surface area contributed by atoms with Crippen LogP contribution in [-0.2, 0) is 22.3 Å². The lowest BCUT2D eigenvalue weighted by Gasteiger charge is -2.28. The molecule has 0 spiro atoms. The summed E-state index contributed by atoms with van der Waals surface area (Å²) in [7, 11) is 2.67. The molecule has 146 valence electrons. The molecule has 0 heterocycles. The van der Waals surface area contributed by atoms with Crippen molar-refractivity contribution in [1.82, 2.24) is 0 Å². The number of methoxy groups -OCH3 is 2. The van der Waals surface area contributed by atoms with E-state index in [0.717, 1.165) is 51.8 Å². The van der Waals surface area contributed by atoms with E-state index in [1.165, 1.54) is 14.2 Å². The molecule has 0 saturated heterocycles. The van der Waals surface area contributed by atoms with Crippen LogP contribution in [0.1, 0.15) is 37.4 Å². The highest BCUT2D eigenvalue weighted by molar-refractivity contribution is 6.12. The first-order valence-corrected chi connectivity index (χ1v) is 9.58. The van der Waals surface area contributed by atoms with Crippen molar-refractivity contribution >= 4 is 11.9 Å². The maximum Gasteiger partial charge on any atom is 0.339 e. The van der Waals surface area contributed by atoms with Crippen LogP contribution in [0.25, 0.3) is 22.3 Å². The number of benzene rings is 3. The molecule has 3 aromatic carbocycles. The first-order chi connectivity index (χ1) is 14.1. The molecule has 29 heavy (non-hydrogen) atoms. The minimum Gasteiger partial charge on any atom is -0.465 e. The molecular formula is C25H22O4. The Labute approximate surface area is 170 Å². The Balaban J connectivity index is 2.20. The van der Waals surface area contributed by atoms with Crippen LogP contribution >= 0.6 is 0 Å². The second-order valence-electron chi connectivity index (χ2n) is 7.11. The van der Waals surface area contributed by atoms with Crippen LogP contribution in [-0.4, -0.2) is 26.2 Å². The van der Waals surface area contributed by atoms with Gasteiger partial charge in [0, 0.05) is 5.56 Å². The third kappa shape index (κ3) is 3.01. The molecule has 0 unspecified atom stereocenters. The van der Waals surface area contributed by atoms with E-state index >= 15 is 0 Å². The number of hydrogen-bond acceptors (Lipinski definition) is 4. The van der Waals surface area contributed by atoms with Crippen molar-refractivity contribution < 1.29 is 19.1 Å². The van der Waals surface area contributed by atoms with Crippen molar-refractivity contribution in [3.05, 3.63) is 82.4 Å². The number of aryl methyl sites for hydroxylation is 1. The lowest BCUT2D eigenvalue weighted by atomic mass is 9.75. The summed E-state index contributed by atoms with van der Waals surface area (Å²) in [5, 5.41) is 0. The van der Waals surface area contributed by atoms with E-state index in [1.807, 2.05) is 55.5 Å². The van der Waals surface area contributed by atoms with E-state index in [0.29, 0.717) is 5.56 Å². The number of ether oxygens (including phenoxy) is 2. The fourth-order valence-corrected chi connectivity index (χ4v) is 4.39. The van der Waals surface area contributed by atoms with Gasteiger partial charge in [-0.3, -0.25) is 0 Å². The van der Waals surface area contributed by atoms with E-state index < -0.39 is 11.9 Å². The summed E-state index contributed by atoms with van der Waals surface area (Å²) in [6.45, 7) is 1.88. The predicted octanol–water partition coefficient (Wildman–Crippen LogP) is 5.00. The van der Waals surface area contributed by atoms with Gasteiger partial charge in [0.1, 0.15) is 0 Å².